The van der Waals surface area contributed by atoms with Gasteiger partial charge in [0.1, 0.15) is 11.6 Å². The van der Waals surface area contributed by atoms with Crippen molar-refractivity contribution < 1.29 is 8.78 Å². The molecule has 4 rings (SSSR count). The lowest BCUT2D eigenvalue weighted by Gasteiger charge is -2.05. The number of nitrogens with one attached hydrogen (secondary N) is 1. The third-order valence-corrected chi connectivity index (χ3v) is 4.08. The van der Waals surface area contributed by atoms with Gasteiger partial charge in [0, 0.05) is 34.4 Å². The molecule has 11 heteroatoms. The molecule has 29 heavy (non-hydrogen) atoms. The van der Waals surface area contributed by atoms with Crippen molar-refractivity contribution in [3.8, 4) is 5.69 Å². The van der Waals surface area contributed by atoms with E-state index < -0.39 is 5.82 Å². The van der Waals surface area contributed by atoms with Crippen LogP contribution in [0.4, 0.5) is 32.1 Å². The molecular formula is C18H19F2IN8. The summed E-state index contributed by atoms with van der Waals surface area (Å²) in [4.78, 5) is 10.1. The van der Waals surface area contributed by atoms with Gasteiger partial charge in [-0.2, -0.15) is 0 Å². The maximum absolute atomic E-state index is 13.1. The number of H-pyrrole nitrogens is 1. The number of nitrogens with zero attached hydrogens (tertiary/aromatic N) is 3. The second-order valence-corrected chi connectivity index (χ2v) is 6.75. The summed E-state index contributed by atoms with van der Waals surface area (Å²) in [5.74, 6) is -0.0262. The van der Waals surface area contributed by atoms with Crippen molar-refractivity contribution in [2.24, 2.45) is 0 Å². The summed E-state index contributed by atoms with van der Waals surface area (Å²) in [6.07, 6.45) is 6.48. The molecule has 0 unspecified atom stereocenters. The first-order valence-corrected chi connectivity index (χ1v) is 9.15. The molecule has 0 bridgehead atoms. The number of halogens is 3. The molecule has 0 fully saturated rings. The van der Waals surface area contributed by atoms with E-state index in [2.05, 4.69) is 15.0 Å². The summed E-state index contributed by atoms with van der Waals surface area (Å²) >= 11 is 2.03. The molecule has 0 atom stereocenters. The van der Waals surface area contributed by atoms with Crippen LogP contribution in [-0.4, -0.2) is 19.5 Å². The molecule has 2 aromatic carbocycles. The van der Waals surface area contributed by atoms with Gasteiger partial charge >= 0.3 is 0 Å². The fourth-order valence-electron chi connectivity index (χ4n) is 1.98. The number of aromatic amines is 1. The summed E-state index contributed by atoms with van der Waals surface area (Å²) in [5.41, 5.74) is 22.2. The Hall–Kier alpha value is -3.35. The predicted octanol–water partition coefficient (Wildman–Crippen LogP) is 3.18. The third kappa shape index (κ3) is 6.64. The SMILES string of the molecule is Nc1ccc(-n2ccnc2N)cc1F.Nc1ccc(I)cc1F.Nc1ncc[nH]1. The number of rotatable bonds is 1. The van der Waals surface area contributed by atoms with E-state index in [1.807, 2.05) is 22.6 Å². The second kappa shape index (κ2) is 10.3. The standard InChI is InChI=1S/C9H9FN4.C6H5FIN.C3H5N3/c10-7-5-6(1-2-8(7)11)14-4-3-13-9(14)12;7-5-3-4(8)1-2-6(5)9;4-3-5-1-2-6-3/h1-5H,11H2,(H2,12,13);1-3H,9H2;1-2H,(H3,4,5,6). The molecule has 0 saturated heterocycles. The van der Waals surface area contributed by atoms with E-state index in [0.29, 0.717) is 17.6 Å². The Morgan fingerprint density at radius 1 is 0.862 bits per heavy atom. The van der Waals surface area contributed by atoms with Gasteiger partial charge in [0.05, 0.1) is 17.1 Å². The van der Waals surface area contributed by atoms with Crippen molar-refractivity contribution in [3.63, 3.8) is 0 Å². The van der Waals surface area contributed by atoms with Gasteiger partial charge in [-0.05, 0) is 52.9 Å². The van der Waals surface area contributed by atoms with Gasteiger partial charge in [-0.15, -0.1) is 0 Å². The summed E-state index contributed by atoms with van der Waals surface area (Å²) in [5, 5.41) is 0. The Morgan fingerprint density at radius 3 is 1.93 bits per heavy atom. The van der Waals surface area contributed by atoms with Crippen LogP contribution in [0.2, 0.25) is 0 Å². The molecule has 0 amide bonds. The molecule has 4 aromatic rings. The fourth-order valence-corrected chi connectivity index (χ4v) is 2.43. The van der Waals surface area contributed by atoms with Crippen LogP contribution in [0.3, 0.4) is 0 Å². The molecule has 152 valence electrons. The van der Waals surface area contributed by atoms with Crippen molar-refractivity contribution in [2.45, 2.75) is 0 Å². The van der Waals surface area contributed by atoms with Crippen LogP contribution < -0.4 is 22.9 Å². The van der Waals surface area contributed by atoms with E-state index in [0.717, 1.165) is 3.57 Å². The van der Waals surface area contributed by atoms with Crippen LogP contribution in [0, 0.1) is 15.2 Å². The maximum atomic E-state index is 13.1. The van der Waals surface area contributed by atoms with E-state index in [1.165, 1.54) is 18.2 Å². The van der Waals surface area contributed by atoms with Gasteiger partial charge in [0.2, 0.25) is 5.95 Å². The molecule has 0 saturated carbocycles. The normalized spacial score (nSPS) is 9.76. The van der Waals surface area contributed by atoms with Gasteiger partial charge in [-0.25, -0.2) is 18.7 Å². The first kappa shape index (κ1) is 21.9. The number of nitrogens with two attached hydrogens (primary N) is 4. The van der Waals surface area contributed by atoms with E-state index in [4.69, 9.17) is 22.9 Å². The monoisotopic (exact) mass is 512 g/mol. The Kier molecular flexibility index (Phi) is 7.77. The topological polar surface area (TPSA) is 151 Å². The van der Waals surface area contributed by atoms with Gasteiger partial charge in [0.15, 0.2) is 5.95 Å². The van der Waals surface area contributed by atoms with Crippen molar-refractivity contribution in [3.05, 3.63) is 76.4 Å². The van der Waals surface area contributed by atoms with E-state index in [9.17, 15) is 8.78 Å². The van der Waals surface area contributed by atoms with Crippen LogP contribution >= 0.6 is 22.6 Å². The first-order chi connectivity index (χ1) is 13.8. The minimum Gasteiger partial charge on any atom is -0.396 e. The number of benzene rings is 2. The van der Waals surface area contributed by atoms with Crippen LogP contribution in [-0.2, 0) is 0 Å². The van der Waals surface area contributed by atoms with Gasteiger partial charge in [-0.1, -0.05) is 0 Å². The molecular weight excluding hydrogens is 493 g/mol. The molecule has 0 aliphatic rings. The lowest BCUT2D eigenvalue weighted by atomic mass is 10.2. The summed E-state index contributed by atoms with van der Waals surface area (Å²) in [7, 11) is 0. The molecule has 0 aliphatic carbocycles. The summed E-state index contributed by atoms with van der Waals surface area (Å²) in [6, 6.07) is 9.19. The number of imidazole rings is 2. The molecule has 2 heterocycles. The Morgan fingerprint density at radius 2 is 1.52 bits per heavy atom. The summed E-state index contributed by atoms with van der Waals surface area (Å²) in [6.45, 7) is 0. The highest BCUT2D eigenvalue weighted by Gasteiger charge is 2.04. The number of hydrogen-bond donors (Lipinski definition) is 5. The van der Waals surface area contributed by atoms with Crippen molar-refractivity contribution in [1.29, 1.82) is 0 Å². The quantitative estimate of drug-likeness (QED) is 0.195. The maximum Gasteiger partial charge on any atom is 0.204 e. The zero-order valence-electron chi connectivity index (χ0n) is 15.1. The minimum atomic E-state index is -0.462. The first-order valence-electron chi connectivity index (χ1n) is 8.07. The Labute approximate surface area is 179 Å². The number of anilines is 4. The largest absolute Gasteiger partial charge is 0.396 e. The molecule has 0 aliphatic heterocycles. The van der Waals surface area contributed by atoms with Crippen molar-refractivity contribution in [1.82, 2.24) is 19.5 Å². The van der Waals surface area contributed by atoms with Gasteiger partial charge in [0.25, 0.3) is 0 Å². The van der Waals surface area contributed by atoms with Gasteiger partial charge < -0.3 is 27.9 Å². The number of hydrogen-bond acceptors (Lipinski definition) is 6. The smallest absolute Gasteiger partial charge is 0.204 e. The fraction of sp³-hybridized carbons (Fsp3) is 0. The Bertz CT molecular complexity index is 1050. The zero-order valence-corrected chi connectivity index (χ0v) is 17.2. The van der Waals surface area contributed by atoms with E-state index in [1.54, 1.807) is 47.6 Å². The average molecular weight is 512 g/mol. The Balaban J connectivity index is 0.000000171. The highest BCUT2D eigenvalue weighted by Crippen LogP contribution is 2.17. The molecule has 0 radical (unpaired) electrons. The van der Waals surface area contributed by atoms with Gasteiger partial charge in [-0.3, -0.25) is 4.57 Å². The van der Waals surface area contributed by atoms with E-state index >= 15 is 0 Å². The minimum absolute atomic E-state index is 0.118. The summed E-state index contributed by atoms with van der Waals surface area (Å²) < 4.78 is 28.0. The van der Waals surface area contributed by atoms with Crippen molar-refractivity contribution in [2.75, 3.05) is 22.9 Å². The van der Waals surface area contributed by atoms with Crippen LogP contribution in [0.15, 0.2) is 61.2 Å². The molecule has 9 N–H and O–H groups in total. The molecule has 0 spiro atoms. The number of aromatic nitrogens is 4. The average Bonchev–Trinajstić information content (AvgIpc) is 3.33. The number of nitrogen functional groups attached to an aromatic ring is 4. The second-order valence-electron chi connectivity index (χ2n) is 5.50. The zero-order chi connectivity index (χ0) is 21.4. The predicted molar refractivity (Wildman–Crippen MR) is 119 cm³/mol. The lowest BCUT2D eigenvalue weighted by molar-refractivity contribution is 0.631. The van der Waals surface area contributed by atoms with Crippen LogP contribution in [0.1, 0.15) is 0 Å². The molecule has 2 aromatic heterocycles. The lowest BCUT2D eigenvalue weighted by Crippen LogP contribution is -2.01. The van der Waals surface area contributed by atoms with Crippen LogP contribution in [0.5, 0.6) is 0 Å². The molecule has 8 nitrogen and oxygen atoms in total. The van der Waals surface area contributed by atoms with E-state index in [-0.39, 0.29) is 17.2 Å². The third-order valence-electron chi connectivity index (χ3n) is 3.41. The van der Waals surface area contributed by atoms with Crippen LogP contribution in [0.25, 0.3) is 5.69 Å². The van der Waals surface area contributed by atoms with Crippen molar-refractivity contribution >= 4 is 45.9 Å². The highest BCUT2D eigenvalue weighted by atomic mass is 127. The highest BCUT2D eigenvalue weighted by molar-refractivity contribution is 14.1.